The molecule has 4 nitrogen and oxygen atoms in total. The number of nitrogens with zero attached hydrogens (tertiary/aromatic N) is 2. The first-order valence-electron chi connectivity index (χ1n) is 9.39. The first-order chi connectivity index (χ1) is 11.6. The summed E-state index contributed by atoms with van der Waals surface area (Å²) in [5.74, 6) is 0.969. The molecule has 0 aromatic carbocycles. The van der Waals surface area contributed by atoms with E-state index in [4.69, 9.17) is 0 Å². The molecule has 0 aliphatic carbocycles. The number of alkyl halides is 3. The highest BCUT2D eigenvalue weighted by Gasteiger charge is 2.34. The van der Waals surface area contributed by atoms with E-state index in [1.165, 1.54) is 30.6 Å². The van der Waals surface area contributed by atoms with Crippen LogP contribution in [0.15, 0.2) is 4.99 Å². The van der Waals surface area contributed by atoms with E-state index in [-0.39, 0.29) is 11.3 Å². The van der Waals surface area contributed by atoms with Crippen molar-refractivity contribution < 1.29 is 13.2 Å². The molecule has 0 aromatic rings. The molecule has 1 atom stereocenters. The molecule has 1 aliphatic heterocycles. The molecule has 0 bridgehead atoms. The predicted molar refractivity (Wildman–Crippen MR) is 97.9 cm³/mol. The van der Waals surface area contributed by atoms with E-state index in [2.05, 4.69) is 36.4 Å². The quantitative estimate of drug-likeness (QED) is 0.373. The molecule has 0 aromatic heterocycles. The first kappa shape index (κ1) is 22.1. The van der Waals surface area contributed by atoms with Gasteiger partial charge in [0.25, 0.3) is 0 Å². The van der Waals surface area contributed by atoms with Crippen molar-refractivity contribution in [3.05, 3.63) is 0 Å². The fraction of sp³-hybridized carbons (Fsp3) is 0.944. The molecule has 7 heteroatoms. The fourth-order valence-corrected chi connectivity index (χ4v) is 3.20. The summed E-state index contributed by atoms with van der Waals surface area (Å²) in [5.41, 5.74) is 0.198. The van der Waals surface area contributed by atoms with Crippen LogP contribution < -0.4 is 10.6 Å². The number of rotatable bonds is 9. The minimum absolute atomic E-state index is 0.198. The number of hydrogen-bond donors (Lipinski definition) is 2. The zero-order chi connectivity index (χ0) is 18.9. The van der Waals surface area contributed by atoms with Gasteiger partial charge in [-0.05, 0) is 30.7 Å². The summed E-state index contributed by atoms with van der Waals surface area (Å²) in [6, 6.07) is 0. The summed E-state index contributed by atoms with van der Waals surface area (Å²) >= 11 is 0. The molecule has 1 aliphatic rings. The van der Waals surface area contributed by atoms with Gasteiger partial charge in [-0.2, -0.15) is 13.2 Å². The Labute approximate surface area is 150 Å². The largest absolute Gasteiger partial charge is 0.401 e. The molecule has 148 valence electrons. The average Bonchev–Trinajstić information content (AvgIpc) is 2.93. The molecule has 0 radical (unpaired) electrons. The summed E-state index contributed by atoms with van der Waals surface area (Å²) in [6.07, 6.45) is 1.56. The van der Waals surface area contributed by atoms with Crippen LogP contribution in [-0.4, -0.2) is 56.8 Å². The molecule has 1 unspecified atom stereocenters. The Balaban J connectivity index is 2.28. The van der Waals surface area contributed by atoms with E-state index in [0.717, 1.165) is 18.9 Å². The lowest BCUT2D eigenvalue weighted by molar-refractivity contribution is -0.143. The maximum atomic E-state index is 12.4. The molecular formula is C18H35F3N4. The lowest BCUT2D eigenvalue weighted by Crippen LogP contribution is -2.44. The molecule has 2 N–H and O–H groups in total. The zero-order valence-corrected chi connectivity index (χ0v) is 16.2. The van der Waals surface area contributed by atoms with E-state index >= 15 is 0 Å². The van der Waals surface area contributed by atoms with Crippen LogP contribution in [0.4, 0.5) is 13.2 Å². The molecule has 0 amide bonds. The molecule has 1 saturated heterocycles. The number of likely N-dealkylation sites (tertiary alicyclic amines) is 1. The highest BCUT2D eigenvalue weighted by atomic mass is 19.4. The van der Waals surface area contributed by atoms with Crippen LogP contribution in [0.2, 0.25) is 0 Å². The van der Waals surface area contributed by atoms with Crippen molar-refractivity contribution in [2.75, 3.05) is 39.8 Å². The van der Waals surface area contributed by atoms with Crippen LogP contribution in [0.25, 0.3) is 0 Å². The van der Waals surface area contributed by atoms with Gasteiger partial charge in [0.05, 0.1) is 6.54 Å². The van der Waals surface area contributed by atoms with E-state index in [1.807, 2.05) is 0 Å². The zero-order valence-electron chi connectivity index (χ0n) is 16.2. The number of guanidine groups is 1. The second kappa shape index (κ2) is 10.2. The molecule has 1 fully saturated rings. The normalized spacial score (nSPS) is 20.1. The second-order valence-electron chi connectivity index (χ2n) is 7.93. The SMILES string of the molecule is CCCCCC(C)(C)CNC(=NC)NCC1CCN(CC(F)(F)F)C1. The summed E-state index contributed by atoms with van der Waals surface area (Å²) in [7, 11) is 1.73. The standard InChI is InChI=1S/C18H35F3N4/c1-5-6-7-9-17(2,3)13-24-16(22-4)23-11-15-8-10-25(12-15)14-18(19,20)21/h15H,5-14H2,1-4H3,(H2,22,23,24). The Bertz CT molecular complexity index is 408. The Hall–Kier alpha value is -0.980. The number of hydrogen-bond acceptors (Lipinski definition) is 2. The number of aliphatic imine (C=N–C) groups is 1. The van der Waals surface area contributed by atoms with Gasteiger partial charge in [-0.1, -0.05) is 40.0 Å². The number of unbranched alkanes of at least 4 members (excludes halogenated alkanes) is 2. The van der Waals surface area contributed by atoms with E-state index < -0.39 is 12.7 Å². The smallest absolute Gasteiger partial charge is 0.356 e. The van der Waals surface area contributed by atoms with Gasteiger partial charge in [-0.15, -0.1) is 0 Å². The van der Waals surface area contributed by atoms with Crippen LogP contribution in [0.3, 0.4) is 0 Å². The third kappa shape index (κ3) is 9.92. The van der Waals surface area contributed by atoms with Crippen molar-refractivity contribution in [2.45, 2.75) is 59.1 Å². The summed E-state index contributed by atoms with van der Waals surface area (Å²) in [4.78, 5) is 5.71. The predicted octanol–water partition coefficient (Wildman–Crippen LogP) is 3.64. The van der Waals surface area contributed by atoms with Crippen LogP contribution in [-0.2, 0) is 0 Å². The summed E-state index contributed by atoms with van der Waals surface area (Å²) < 4.78 is 37.3. The first-order valence-corrected chi connectivity index (χ1v) is 9.39. The van der Waals surface area contributed by atoms with Crippen molar-refractivity contribution >= 4 is 5.96 Å². The Morgan fingerprint density at radius 2 is 1.92 bits per heavy atom. The molecule has 25 heavy (non-hydrogen) atoms. The van der Waals surface area contributed by atoms with Gasteiger partial charge >= 0.3 is 6.18 Å². The average molecular weight is 365 g/mol. The highest BCUT2D eigenvalue weighted by molar-refractivity contribution is 5.79. The van der Waals surface area contributed by atoms with Gasteiger partial charge < -0.3 is 10.6 Å². The van der Waals surface area contributed by atoms with Gasteiger partial charge in [-0.3, -0.25) is 9.89 Å². The topological polar surface area (TPSA) is 39.7 Å². The van der Waals surface area contributed by atoms with E-state index in [9.17, 15) is 13.2 Å². The Kier molecular flexibility index (Phi) is 9.03. The summed E-state index contributed by atoms with van der Waals surface area (Å²) in [6.45, 7) is 8.39. The molecular weight excluding hydrogens is 329 g/mol. The van der Waals surface area contributed by atoms with E-state index in [1.54, 1.807) is 7.05 Å². The minimum Gasteiger partial charge on any atom is -0.356 e. The maximum Gasteiger partial charge on any atom is 0.401 e. The molecule has 0 spiro atoms. The van der Waals surface area contributed by atoms with Crippen LogP contribution in [0.5, 0.6) is 0 Å². The van der Waals surface area contributed by atoms with Crippen molar-refractivity contribution in [1.29, 1.82) is 0 Å². The van der Waals surface area contributed by atoms with Crippen LogP contribution in [0, 0.1) is 11.3 Å². The molecule has 0 saturated carbocycles. The Morgan fingerprint density at radius 1 is 1.20 bits per heavy atom. The van der Waals surface area contributed by atoms with Gasteiger partial charge in [0, 0.05) is 26.7 Å². The van der Waals surface area contributed by atoms with E-state index in [0.29, 0.717) is 19.6 Å². The number of nitrogens with one attached hydrogen (secondary N) is 2. The molecule has 1 heterocycles. The fourth-order valence-electron chi connectivity index (χ4n) is 3.20. The third-order valence-electron chi connectivity index (χ3n) is 4.75. The van der Waals surface area contributed by atoms with Crippen molar-refractivity contribution in [2.24, 2.45) is 16.3 Å². The number of halogens is 3. The lowest BCUT2D eigenvalue weighted by Gasteiger charge is -2.26. The van der Waals surface area contributed by atoms with Crippen molar-refractivity contribution in [3.8, 4) is 0 Å². The Morgan fingerprint density at radius 3 is 2.52 bits per heavy atom. The van der Waals surface area contributed by atoms with Gasteiger partial charge in [-0.25, -0.2) is 0 Å². The van der Waals surface area contributed by atoms with Crippen LogP contribution in [0.1, 0.15) is 52.9 Å². The lowest BCUT2D eigenvalue weighted by atomic mass is 9.87. The van der Waals surface area contributed by atoms with Crippen LogP contribution >= 0.6 is 0 Å². The van der Waals surface area contributed by atoms with Gasteiger partial charge in [0.15, 0.2) is 5.96 Å². The van der Waals surface area contributed by atoms with Crippen molar-refractivity contribution in [3.63, 3.8) is 0 Å². The highest BCUT2D eigenvalue weighted by Crippen LogP contribution is 2.23. The van der Waals surface area contributed by atoms with Crippen molar-refractivity contribution in [1.82, 2.24) is 15.5 Å². The van der Waals surface area contributed by atoms with Gasteiger partial charge in [0.2, 0.25) is 0 Å². The third-order valence-corrected chi connectivity index (χ3v) is 4.75. The second-order valence-corrected chi connectivity index (χ2v) is 7.93. The summed E-state index contributed by atoms with van der Waals surface area (Å²) in [5, 5.41) is 6.62. The maximum absolute atomic E-state index is 12.4. The monoisotopic (exact) mass is 364 g/mol. The van der Waals surface area contributed by atoms with Gasteiger partial charge in [0.1, 0.15) is 0 Å². The minimum atomic E-state index is -4.11. The molecule has 1 rings (SSSR count).